The monoisotopic (exact) mass is 304 g/mol. The van der Waals surface area contributed by atoms with Gasteiger partial charge in [0.1, 0.15) is 6.07 Å². The SMILES string of the molecule is Cc1c(CNc2ccc(Br)cc2C#N)cnn1C. The van der Waals surface area contributed by atoms with E-state index in [2.05, 4.69) is 32.4 Å². The van der Waals surface area contributed by atoms with Crippen molar-refractivity contribution >= 4 is 21.6 Å². The van der Waals surface area contributed by atoms with Crippen molar-refractivity contribution in [3.63, 3.8) is 0 Å². The molecule has 4 nitrogen and oxygen atoms in total. The van der Waals surface area contributed by atoms with Crippen molar-refractivity contribution in [2.75, 3.05) is 5.32 Å². The van der Waals surface area contributed by atoms with Gasteiger partial charge in [0.05, 0.1) is 17.4 Å². The number of nitrogens with one attached hydrogen (secondary N) is 1. The molecule has 1 heterocycles. The number of benzene rings is 1. The lowest BCUT2D eigenvalue weighted by Crippen LogP contribution is -2.02. The fourth-order valence-electron chi connectivity index (χ4n) is 1.67. The van der Waals surface area contributed by atoms with E-state index in [0.717, 1.165) is 21.4 Å². The number of nitrogens with zero attached hydrogens (tertiary/aromatic N) is 3. The lowest BCUT2D eigenvalue weighted by atomic mass is 10.2. The van der Waals surface area contributed by atoms with E-state index >= 15 is 0 Å². The predicted octanol–water partition coefficient (Wildman–Crippen LogP) is 2.97. The number of hydrogen-bond donors (Lipinski definition) is 1. The Morgan fingerprint density at radius 1 is 1.50 bits per heavy atom. The largest absolute Gasteiger partial charge is 0.380 e. The molecule has 0 aliphatic rings. The fourth-order valence-corrected chi connectivity index (χ4v) is 2.03. The molecule has 1 aromatic carbocycles. The first-order chi connectivity index (χ1) is 8.61. The van der Waals surface area contributed by atoms with E-state index in [1.54, 1.807) is 6.07 Å². The predicted molar refractivity (Wildman–Crippen MR) is 74.1 cm³/mol. The van der Waals surface area contributed by atoms with Crippen LogP contribution in [0.5, 0.6) is 0 Å². The first-order valence-electron chi connectivity index (χ1n) is 5.53. The number of aryl methyl sites for hydroxylation is 1. The summed E-state index contributed by atoms with van der Waals surface area (Å²) in [7, 11) is 1.92. The van der Waals surface area contributed by atoms with Gasteiger partial charge in [0.2, 0.25) is 0 Å². The molecule has 0 saturated heterocycles. The normalized spacial score (nSPS) is 10.1. The summed E-state index contributed by atoms with van der Waals surface area (Å²) in [5.41, 5.74) is 3.72. The number of aromatic nitrogens is 2. The Morgan fingerprint density at radius 2 is 2.28 bits per heavy atom. The molecule has 0 aliphatic carbocycles. The molecule has 0 aliphatic heterocycles. The molecule has 1 N–H and O–H groups in total. The zero-order valence-corrected chi connectivity index (χ0v) is 11.8. The number of rotatable bonds is 3. The average molecular weight is 305 g/mol. The van der Waals surface area contributed by atoms with Gasteiger partial charge in [-0.05, 0) is 25.1 Å². The maximum Gasteiger partial charge on any atom is 0.101 e. The average Bonchev–Trinajstić information content (AvgIpc) is 2.68. The summed E-state index contributed by atoms with van der Waals surface area (Å²) in [5.74, 6) is 0. The van der Waals surface area contributed by atoms with Crippen molar-refractivity contribution in [3.8, 4) is 6.07 Å². The quantitative estimate of drug-likeness (QED) is 0.948. The van der Waals surface area contributed by atoms with Crippen molar-refractivity contribution in [2.45, 2.75) is 13.5 Å². The van der Waals surface area contributed by atoms with Gasteiger partial charge in [-0.2, -0.15) is 10.4 Å². The summed E-state index contributed by atoms with van der Waals surface area (Å²) in [6.07, 6.45) is 1.84. The molecule has 0 saturated carbocycles. The highest BCUT2D eigenvalue weighted by Crippen LogP contribution is 2.21. The molecule has 0 fully saturated rings. The highest BCUT2D eigenvalue weighted by molar-refractivity contribution is 9.10. The van der Waals surface area contributed by atoms with E-state index in [9.17, 15) is 0 Å². The van der Waals surface area contributed by atoms with E-state index in [4.69, 9.17) is 5.26 Å². The van der Waals surface area contributed by atoms with Crippen LogP contribution >= 0.6 is 15.9 Å². The van der Waals surface area contributed by atoms with Crippen LogP contribution < -0.4 is 5.32 Å². The Balaban J connectivity index is 2.16. The molecule has 0 atom stereocenters. The molecule has 1 aromatic heterocycles. The molecule has 5 heteroatoms. The Hall–Kier alpha value is -1.80. The first-order valence-corrected chi connectivity index (χ1v) is 6.32. The molecule has 0 unspecified atom stereocenters. The number of halogens is 1. The van der Waals surface area contributed by atoms with Crippen LogP contribution in [-0.2, 0) is 13.6 Å². The van der Waals surface area contributed by atoms with Crippen LogP contribution in [0.1, 0.15) is 16.8 Å². The number of nitriles is 1. The van der Waals surface area contributed by atoms with Gasteiger partial charge in [-0.15, -0.1) is 0 Å². The molecular weight excluding hydrogens is 292 g/mol. The smallest absolute Gasteiger partial charge is 0.101 e. The number of hydrogen-bond acceptors (Lipinski definition) is 3. The maximum absolute atomic E-state index is 9.07. The second kappa shape index (κ2) is 5.23. The highest BCUT2D eigenvalue weighted by Gasteiger charge is 2.06. The molecule has 2 rings (SSSR count). The second-order valence-corrected chi connectivity index (χ2v) is 4.95. The Bertz CT molecular complexity index is 610. The van der Waals surface area contributed by atoms with Crippen LogP contribution in [0.2, 0.25) is 0 Å². The van der Waals surface area contributed by atoms with Gasteiger partial charge in [0.25, 0.3) is 0 Å². The van der Waals surface area contributed by atoms with Crippen molar-refractivity contribution < 1.29 is 0 Å². The van der Waals surface area contributed by atoms with Gasteiger partial charge in [0.15, 0.2) is 0 Å². The summed E-state index contributed by atoms with van der Waals surface area (Å²) < 4.78 is 2.74. The Morgan fingerprint density at radius 3 is 2.89 bits per heavy atom. The fraction of sp³-hybridized carbons (Fsp3) is 0.231. The van der Waals surface area contributed by atoms with Gasteiger partial charge in [0, 0.05) is 29.3 Å². The third kappa shape index (κ3) is 2.54. The topological polar surface area (TPSA) is 53.6 Å². The standard InChI is InChI=1S/C13H13BrN4/c1-9-11(8-17-18(9)2)7-16-13-4-3-12(14)5-10(13)6-15/h3-5,8,16H,7H2,1-2H3. The second-order valence-electron chi connectivity index (χ2n) is 4.03. The van der Waals surface area contributed by atoms with Gasteiger partial charge in [-0.3, -0.25) is 4.68 Å². The maximum atomic E-state index is 9.07. The zero-order valence-electron chi connectivity index (χ0n) is 10.2. The van der Waals surface area contributed by atoms with Crippen molar-refractivity contribution in [1.82, 2.24) is 9.78 Å². The van der Waals surface area contributed by atoms with Crippen molar-refractivity contribution in [1.29, 1.82) is 5.26 Å². The molecule has 0 spiro atoms. The number of anilines is 1. The van der Waals surface area contributed by atoms with Gasteiger partial charge < -0.3 is 5.32 Å². The van der Waals surface area contributed by atoms with Crippen LogP contribution in [0.15, 0.2) is 28.9 Å². The summed E-state index contributed by atoms with van der Waals surface area (Å²) in [4.78, 5) is 0. The zero-order chi connectivity index (χ0) is 13.1. The minimum absolute atomic E-state index is 0.630. The Labute approximate surface area is 114 Å². The van der Waals surface area contributed by atoms with Crippen LogP contribution in [0, 0.1) is 18.3 Å². The van der Waals surface area contributed by atoms with Crippen LogP contribution in [0.25, 0.3) is 0 Å². The van der Waals surface area contributed by atoms with E-state index in [1.165, 1.54) is 0 Å². The van der Waals surface area contributed by atoms with E-state index < -0.39 is 0 Å². The summed E-state index contributed by atoms with van der Waals surface area (Å²) in [5, 5.41) is 16.5. The third-order valence-electron chi connectivity index (χ3n) is 2.91. The lowest BCUT2D eigenvalue weighted by Gasteiger charge is -2.08. The van der Waals surface area contributed by atoms with Gasteiger partial charge in [-0.25, -0.2) is 0 Å². The van der Waals surface area contributed by atoms with Crippen molar-refractivity contribution in [2.24, 2.45) is 7.05 Å². The minimum Gasteiger partial charge on any atom is -0.380 e. The summed E-state index contributed by atoms with van der Waals surface area (Å²) in [6.45, 7) is 2.69. The first kappa shape index (κ1) is 12.7. The lowest BCUT2D eigenvalue weighted by molar-refractivity contribution is 0.738. The molecule has 18 heavy (non-hydrogen) atoms. The van der Waals surface area contributed by atoms with Crippen LogP contribution in [-0.4, -0.2) is 9.78 Å². The van der Waals surface area contributed by atoms with Gasteiger partial charge >= 0.3 is 0 Å². The minimum atomic E-state index is 0.630. The summed E-state index contributed by atoms with van der Waals surface area (Å²) >= 11 is 3.36. The van der Waals surface area contributed by atoms with Crippen molar-refractivity contribution in [3.05, 3.63) is 45.7 Å². The van der Waals surface area contributed by atoms with Crippen LogP contribution in [0.3, 0.4) is 0 Å². The van der Waals surface area contributed by atoms with E-state index in [0.29, 0.717) is 12.1 Å². The van der Waals surface area contributed by atoms with E-state index in [1.807, 2.05) is 37.0 Å². The molecule has 2 aromatic rings. The third-order valence-corrected chi connectivity index (χ3v) is 3.40. The van der Waals surface area contributed by atoms with Gasteiger partial charge in [-0.1, -0.05) is 15.9 Å². The molecule has 0 radical (unpaired) electrons. The highest BCUT2D eigenvalue weighted by atomic mass is 79.9. The van der Waals surface area contributed by atoms with Crippen LogP contribution in [0.4, 0.5) is 5.69 Å². The molecule has 0 amide bonds. The van der Waals surface area contributed by atoms with E-state index in [-0.39, 0.29) is 0 Å². The Kier molecular flexibility index (Phi) is 3.68. The molecular formula is C13H13BrN4. The summed E-state index contributed by atoms with van der Waals surface area (Å²) in [6, 6.07) is 7.80. The molecule has 0 bridgehead atoms. The molecule has 92 valence electrons.